The lowest BCUT2D eigenvalue weighted by Crippen LogP contribution is -2.44. The molecule has 1 fully saturated rings. The summed E-state index contributed by atoms with van der Waals surface area (Å²) in [5.74, 6) is 1.43. The highest BCUT2D eigenvalue weighted by Gasteiger charge is 2.16. The lowest BCUT2D eigenvalue weighted by atomic mass is 10.1. The fraction of sp³-hybridized carbons (Fsp3) is 0.667. The van der Waals surface area contributed by atoms with Crippen molar-refractivity contribution in [1.29, 1.82) is 0 Å². The van der Waals surface area contributed by atoms with Crippen LogP contribution in [0.25, 0.3) is 0 Å². The molecule has 7 nitrogen and oxygen atoms in total. The van der Waals surface area contributed by atoms with Crippen LogP contribution >= 0.6 is 24.0 Å². The summed E-state index contributed by atoms with van der Waals surface area (Å²) in [6.07, 6.45) is 4.77. The molecule has 1 aromatic heterocycles. The Morgan fingerprint density at radius 1 is 1.35 bits per heavy atom. The zero-order chi connectivity index (χ0) is 18.1. The van der Waals surface area contributed by atoms with Gasteiger partial charge in [-0.1, -0.05) is 0 Å². The van der Waals surface area contributed by atoms with E-state index in [1.807, 2.05) is 32.9 Å². The minimum Gasteiger partial charge on any atom is -0.469 e. The van der Waals surface area contributed by atoms with Crippen molar-refractivity contribution in [3.8, 4) is 0 Å². The molecule has 1 amide bonds. The van der Waals surface area contributed by atoms with Gasteiger partial charge in [-0.15, -0.1) is 24.0 Å². The highest BCUT2D eigenvalue weighted by atomic mass is 127. The van der Waals surface area contributed by atoms with Crippen LogP contribution in [0.1, 0.15) is 39.4 Å². The number of aliphatic imine (C=N–C) groups is 1. The maximum atomic E-state index is 12.0. The molecule has 1 aliphatic rings. The second kappa shape index (κ2) is 11.4. The fourth-order valence-corrected chi connectivity index (χ4v) is 2.56. The van der Waals surface area contributed by atoms with Gasteiger partial charge in [0.05, 0.1) is 12.4 Å². The lowest BCUT2D eigenvalue weighted by molar-refractivity contribution is -0.121. The topological polar surface area (TPSA) is 87.9 Å². The van der Waals surface area contributed by atoms with E-state index in [0.29, 0.717) is 19.0 Å². The fourth-order valence-electron chi connectivity index (χ4n) is 2.56. The summed E-state index contributed by atoms with van der Waals surface area (Å²) in [7, 11) is 0. The number of nitrogens with zero attached hydrogens (tertiary/aromatic N) is 1. The van der Waals surface area contributed by atoms with Gasteiger partial charge in [-0.2, -0.15) is 0 Å². The van der Waals surface area contributed by atoms with Crippen molar-refractivity contribution < 1.29 is 13.9 Å². The molecule has 148 valence electrons. The minimum atomic E-state index is -0.259. The summed E-state index contributed by atoms with van der Waals surface area (Å²) in [5, 5.41) is 9.42. The standard InChI is InChI=1S/C18H30N4O3.HI/c1-18(2,3)22-16(23)13-21-17(20-12-15-7-5-11-25-15)19-9-8-14-6-4-10-24-14;/h4,6,10,15H,5,7-9,11-13H2,1-3H3,(H,22,23)(H2,19,20,21);1H. The molecule has 0 aliphatic carbocycles. The van der Waals surface area contributed by atoms with Gasteiger partial charge >= 0.3 is 0 Å². The van der Waals surface area contributed by atoms with Crippen LogP contribution in [0.4, 0.5) is 0 Å². The molecule has 0 aromatic carbocycles. The number of hydrogen-bond donors (Lipinski definition) is 3. The highest BCUT2D eigenvalue weighted by molar-refractivity contribution is 14.0. The summed E-state index contributed by atoms with van der Waals surface area (Å²) in [6.45, 7) is 8.11. The van der Waals surface area contributed by atoms with E-state index >= 15 is 0 Å². The van der Waals surface area contributed by atoms with E-state index in [1.165, 1.54) is 0 Å². The van der Waals surface area contributed by atoms with Crippen molar-refractivity contribution in [2.45, 2.75) is 51.7 Å². The summed E-state index contributed by atoms with van der Waals surface area (Å²) in [4.78, 5) is 16.4. The third kappa shape index (κ3) is 9.42. The summed E-state index contributed by atoms with van der Waals surface area (Å²) in [6, 6.07) is 3.81. The summed E-state index contributed by atoms with van der Waals surface area (Å²) in [5.41, 5.74) is -0.259. The van der Waals surface area contributed by atoms with Crippen LogP contribution in [0.2, 0.25) is 0 Å². The third-order valence-electron chi connectivity index (χ3n) is 3.66. The van der Waals surface area contributed by atoms with E-state index in [0.717, 1.165) is 31.6 Å². The zero-order valence-corrected chi connectivity index (χ0v) is 18.2. The van der Waals surface area contributed by atoms with Gasteiger partial charge in [0.1, 0.15) is 12.3 Å². The maximum absolute atomic E-state index is 12.0. The van der Waals surface area contributed by atoms with Crippen LogP contribution in [-0.4, -0.2) is 49.8 Å². The smallest absolute Gasteiger partial charge is 0.242 e. The molecular formula is C18H31IN4O3. The number of ether oxygens (including phenoxy) is 1. The Bertz CT molecular complexity index is 549. The monoisotopic (exact) mass is 478 g/mol. The molecule has 2 heterocycles. The van der Waals surface area contributed by atoms with Crippen LogP contribution in [-0.2, 0) is 16.0 Å². The normalized spacial score (nSPS) is 17.5. The Kier molecular flexibility index (Phi) is 10.0. The van der Waals surface area contributed by atoms with Crippen molar-refractivity contribution in [2.24, 2.45) is 4.99 Å². The third-order valence-corrected chi connectivity index (χ3v) is 3.66. The van der Waals surface area contributed by atoms with Crippen molar-refractivity contribution in [3.05, 3.63) is 24.2 Å². The molecule has 8 heteroatoms. The van der Waals surface area contributed by atoms with E-state index in [9.17, 15) is 4.79 Å². The Labute approximate surface area is 172 Å². The number of carbonyl (C=O) groups is 1. The number of halogens is 1. The number of amides is 1. The molecule has 0 saturated carbocycles. The molecule has 1 aliphatic heterocycles. The maximum Gasteiger partial charge on any atom is 0.242 e. The van der Waals surface area contributed by atoms with E-state index in [4.69, 9.17) is 9.15 Å². The predicted molar refractivity (Wildman–Crippen MR) is 113 cm³/mol. The molecule has 1 atom stereocenters. The Morgan fingerprint density at radius 2 is 2.15 bits per heavy atom. The van der Waals surface area contributed by atoms with E-state index < -0.39 is 0 Å². The first-order valence-electron chi connectivity index (χ1n) is 8.89. The molecular weight excluding hydrogens is 447 g/mol. The van der Waals surface area contributed by atoms with Crippen molar-refractivity contribution in [1.82, 2.24) is 16.0 Å². The van der Waals surface area contributed by atoms with Crippen molar-refractivity contribution in [3.63, 3.8) is 0 Å². The van der Waals surface area contributed by atoms with Gasteiger partial charge in [0.15, 0.2) is 5.96 Å². The average Bonchev–Trinajstić information content (AvgIpc) is 3.21. The van der Waals surface area contributed by atoms with Gasteiger partial charge in [0, 0.05) is 31.7 Å². The zero-order valence-electron chi connectivity index (χ0n) is 15.8. The first-order chi connectivity index (χ1) is 11.9. The van der Waals surface area contributed by atoms with Gasteiger partial charge in [0.2, 0.25) is 5.91 Å². The van der Waals surface area contributed by atoms with E-state index in [1.54, 1.807) is 6.26 Å². The van der Waals surface area contributed by atoms with Crippen molar-refractivity contribution in [2.75, 3.05) is 26.2 Å². The average molecular weight is 478 g/mol. The van der Waals surface area contributed by atoms with Gasteiger partial charge in [-0.25, -0.2) is 4.99 Å². The van der Waals surface area contributed by atoms with Crippen LogP contribution in [0.5, 0.6) is 0 Å². The first-order valence-corrected chi connectivity index (χ1v) is 8.89. The van der Waals surface area contributed by atoms with Crippen molar-refractivity contribution >= 4 is 35.8 Å². The summed E-state index contributed by atoms with van der Waals surface area (Å²) >= 11 is 0. The number of rotatable bonds is 7. The molecule has 0 bridgehead atoms. The van der Waals surface area contributed by atoms with E-state index in [-0.39, 0.29) is 48.1 Å². The van der Waals surface area contributed by atoms with Gasteiger partial charge in [-0.05, 0) is 45.7 Å². The molecule has 3 N–H and O–H groups in total. The molecule has 1 unspecified atom stereocenters. The molecule has 1 saturated heterocycles. The molecule has 1 aromatic rings. The summed E-state index contributed by atoms with van der Waals surface area (Å²) < 4.78 is 10.9. The number of hydrogen-bond acceptors (Lipinski definition) is 4. The van der Waals surface area contributed by atoms with Crippen LogP contribution < -0.4 is 16.0 Å². The number of guanidine groups is 1. The molecule has 0 spiro atoms. The predicted octanol–water partition coefficient (Wildman–Crippen LogP) is 2.07. The second-order valence-electron chi connectivity index (χ2n) is 7.24. The SMILES string of the molecule is CC(C)(C)NC(=O)CN=C(NCCc1ccco1)NCC1CCCO1.I. The van der Waals surface area contributed by atoms with Gasteiger partial charge in [0.25, 0.3) is 0 Å². The molecule has 0 radical (unpaired) electrons. The van der Waals surface area contributed by atoms with E-state index in [2.05, 4.69) is 20.9 Å². The van der Waals surface area contributed by atoms with Crippen LogP contribution in [0, 0.1) is 0 Å². The Morgan fingerprint density at radius 3 is 2.77 bits per heavy atom. The van der Waals surface area contributed by atoms with Crippen LogP contribution in [0.3, 0.4) is 0 Å². The van der Waals surface area contributed by atoms with Gasteiger partial charge in [-0.3, -0.25) is 4.79 Å². The highest BCUT2D eigenvalue weighted by Crippen LogP contribution is 2.10. The first kappa shape index (κ1) is 22.8. The Hall–Kier alpha value is -1.29. The molecule has 26 heavy (non-hydrogen) atoms. The van der Waals surface area contributed by atoms with Crippen LogP contribution in [0.15, 0.2) is 27.8 Å². The number of furan rings is 1. The largest absolute Gasteiger partial charge is 0.469 e. The number of nitrogens with one attached hydrogen (secondary N) is 3. The second-order valence-corrected chi connectivity index (χ2v) is 7.24. The Balaban J connectivity index is 0.00000338. The van der Waals surface area contributed by atoms with Gasteiger partial charge < -0.3 is 25.1 Å². The lowest BCUT2D eigenvalue weighted by Gasteiger charge is -2.20. The molecule has 2 rings (SSSR count). The quantitative estimate of drug-likeness (QED) is 0.317. The number of carbonyl (C=O) groups excluding carboxylic acids is 1. The minimum absolute atomic E-state index is 0.